The van der Waals surface area contributed by atoms with Crippen LogP contribution in [-0.4, -0.2) is 33.0 Å². The van der Waals surface area contributed by atoms with Crippen LogP contribution < -0.4 is 10.0 Å². The SMILES string of the molecule is O=S(=O)(NCC1CCSC1)c1ccc2c(c1)NCCC2. The Morgan fingerprint density at radius 1 is 1.40 bits per heavy atom. The molecule has 1 saturated heterocycles. The van der Waals surface area contributed by atoms with Crippen LogP contribution in [0.4, 0.5) is 5.69 Å². The fraction of sp³-hybridized carbons (Fsp3) is 0.571. The second-order valence-electron chi connectivity index (χ2n) is 5.43. The molecule has 0 radical (unpaired) electrons. The predicted octanol–water partition coefficient (Wildman–Crippen LogP) is 2.08. The van der Waals surface area contributed by atoms with E-state index in [0.29, 0.717) is 17.4 Å². The van der Waals surface area contributed by atoms with Gasteiger partial charge in [-0.3, -0.25) is 0 Å². The molecule has 2 aliphatic heterocycles. The van der Waals surface area contributed by atoms with Crippen molar-refractivity contribution in [3.05, 3.63) is 23.8 Å². The quantitative estimate of drug-likeness (QED) is 0.894. The van der Waals surface area contributed by atoms with E-state index in [1.807, 2.05) is 17.8 Å². The molecule has 2 N–H and O–H groups in total. The number of sulfonamides is 1. The van der Waals surface area contributed by atoms with E-state index in [0.717, 1.165) is 43.0 Å². The first-order chi connectivity index (χ1) is 9.65. The third-order valence-corrected chi connectivity index (χ3v) is 6.57. The van der Waals surface area contributed by atoms with Crippen molar-refractivity contribution < 1.29 is 8.42 Å². The van der Waals surface area contributed by atoms with Gasteiger partial charge in [-0.15, -0.1) is 0 Å². The van der Waals surface area contributed by atoms with Gasteiger partial charge in [-0.2, -0.15) is 11.8 Å². The Balaban J connectivity index is 1.73. The molecule has 0 aliphatic carbocycles. The lowest BCUT2D eigenvalue weighted by atomic mass is 10.0. The van der Waals surface area contributed by atoms with Gasteiger partial charge in [-0.25, -0.2) is 13.1 Å². The van der Waals surface area contributed by atoms with Gasteiger partial charge in [-0.05, 0) is 54.4 Å². The summed E-state index contributed by atoms with van der Waals surface area (Å²) in [6.45, 7) is 1.48. The molecule has 1 fully saturated rings. The first-order valence-corrected chi connectivity index (χ1v) is 9.73. The summed E-state index contributed by atoms with van der Waals surface area (Å²) in [4.78, 5) is 0.372. The molecular weight excluding hydrogens is 292 g/mol. The van der Waals surface area contributed by atoms with Crippen molar-refractivity contribution in [2.24, 2.45) is 5.92 Å². The number of rotatable bonds is 4. The molecule has 3 rings (SSSR count). The summed E-state index contributed by atoms with van der Waals surface area (Å²) < 4.78 is 27.4. The second kappa shape index (κ2) is 5.95. The minimum absolute atomic E-state index is 0.372. The minimum atomic E-state index is -3.38. The summed E-state index contributed by atoms with van der Waals surface area (Å²) in [5, 5.41) is 3.28. The van der Waals surface area contributed by atoms with Crippen molar-refractivity contribution in [2.75, 3.05) is 29.9 Å². The number of benzene rings is 1. The van der Waals surface area contributed by atoms with E-state index in [1.54, 1.807) is 12.1 Å². The molecule has 0 amide bonds. The maximum atomic E-state index is 12.3. The van der Waals surface area contributed by atoms with Crippen LogP contribution in [0.15, 0.2) is 23.1 Å². The van der Waals surface area contributed by atoms with Gasteiger partial charge in [-0.1, -0.05) is 6.07 Å². The Morgan fingerprint density at radius 2 is 2.30 bits per heavy atom. The zero-order chi connectivity index (χ0) is 14.0. The molecule has 2 aliphatic rings. The second-order valence-corrected chi connectivity index (χ2v) is 8.35. The van der Waals surface area contributed by atoms with Gasteiger partial charge >= 0.3 is 0 Å². The van der Waals surface area contributed by atoms with Gasteiger partial charge in [0.25, 0.3) is 0 Å². The summed E-state index contributed by atoms with van der Waals surface area (Å²) >= 11 is 1.90. The zero-order valence-electron chi connectivity index (χ0n) is 11.4. The summed E-state index contributed by atoms with van der Waals surface area (Å²) in [5.74, 6) is 2.69. The highest BCUT2D eigenvalue weighted by atomic mass is 32.2. The molecule has 1 atom stereocenters. The predicted molar refractivity (Wildman–Crippen MR) is 83.9 cm³/mol. The highest BCUT2D eigenvalue weighted by Gasteiger charge is 2.21. The van der Waals surface area contributed by atoms with Crippen molar-refractivity contribution in [3.8, 4) is 0 Å². The smallest absolute Gasteiger partial charge is 0.240 e. The van der Waals surface area contributed by atoms with E-state index in [-0.39, 0.29) is 0 Å². The lowest BCUT2D eigenvalue weighted by Crippen LogP contribution is -2.29. The van der Waals surface area contributed by atoms with Gasteiger partial charge in [0.1, 0.15) is 0 Å². The van der Waals surface area contributed by atoms with E-state index in [4.69, 9.17) is 0 Å². The van der Waals surface area contributed by atoms with Crippen LogP contribution in [0.1, 0.15) is 18.4 Å². The van der Waals surface area contributed by atoms with Crippen LogP contribution in [0.3, 0.4) is 0 Å². The zero-order valence-corrected chi connectivity index (χ0v) is 13.0. The Labute approximate surface area is 124 Å². The van der Waals surface area contributed by atoms with Crippen molar-refractivity contribution in [1.82, 2.24) is 4.72 Å². The Bertz CT molecular complexity index is 581. The highest BCUT2D eigenvalue weighted by molar-refractivity contribution is 7.99. The van der Waals surface area contributed by atoms with Gasteiger partial charge < -0.3 is 5.32 Å². The van der Waals surface area contributed by atoms with Crippen molar-refractivity contribution in [3.63, 3.8) is 0 Å². The lowest BCUT2D eigenvalue weighted by molar-refractivity contribution is 0.546. The van der Waals surface area contributed by atoms with Crippen LogP contribution in [-0.2, 0) is 16.4 Å². The Hall–Kier alpha value is -0.720. The topological polar surface area (TPSA) is 58.2 Å². The Morgan fingerprint density at radius 3 is 3.10 bits per heavy atom. The molecule has 1 aromatic carbocycles. The number of nitrogens with one attached hydrogen (secondary N) is 2. The molecule has 4 nitrogen and oxygen atoms in total. The number of fused-ring (bicyclic) bond motifs is 1. The van der Waals surface area contributed by atoms with E-state index >= 15 is 0 Å². The molecule has 20 heavy (non-hydrogen) atoms. The third kappa shape index (κ3) is 3.13. The van der Waals surface area contributed by atoms with Crippen molar-refractivity contribution >= 4 is 27.5 Å². The van der Waals surface area contributed by atoms with Gasteiger partial charge in [0.05, 0.1) is 4.90 Å². The molecule has 0 spiro atoms. The van der Waals surface area contributed by atoms with E-state index < -0.39 is 10.0 Å². The molecule has 110 valence electrons. The number of hydrogen-bond donors (Lipinski definition) is 2. The van der Waals surface area contributed by atoms with Crippen LogP contribution in [0.25, 0.3) is 0 Å². The van der Waals surface area contributed by atoms with Gasteiger partial charge in [0.15, 0.2) is 0 Å². The maximum Gasteiger partial charge on any atom is 0.240 e. The van der Waals surface area contributed by atoms with E-state index in [1.165, 1.54) is 5.56 Å². The molecular formula is C14H20N2O2S2. The average molecular weight is 312 g/mol. The summed E-state index contributed by atoms with van der Waals surface area (Å²) in [5.41, 5.74) is 2.18. The summed E-state index contributed by atoms with van der Waals surface area (Å²) in [6.07, 6.45) is 3.24. The monoisotopic (exact) mass is 312 g/mol. The van der Waals surface area contributed by atoms with Gasteiger partial charge in [0, 0.05) is 18.8 Å². The molecule has 6 heteroatoms. The molecule has 2 heterocycles. The van der Waals surface area contributed by atoms with Crippen molar-refractivity contribution in [1.29, 1.82) is 0 Å². The fourth-order valence-corrected chi connectivity index (χ4v) is 5.09. The molecule has 0 saturated carbocycles. The van der Waals surface area contributed by atoms with Crippen molar-refractivity contribution in [2.45, 2.75) is 24.2 Å². The number of thioether (sulfide) groups is 1. The number of hydrogen-bond acceptors (Lipinski definition) is 4. The van der Waals surface area contributed by atoms with E-state index in [9.17, 15) is 8.42 Å². The molecule has 0 bridgehead atoms. The Kier molecular flexibility index (Phi) is 4.23. The van der Waals surface area contributed by atoms with Gasteiger partial charge in [0.2, 0.25) is 10.0 Å². The normalized spacial score (nSPS) is 22.3. The van der Waals surface area contributed by atoms with Crippen LogP contribution >= 0.6 is 11.8 Å². The van der Waals surface area contributed by atoms with Crippen LogP contribution in [0, 0.1) is 5.92 Å². The average Bonchev–Trinajstić information content (AvgIpc) is 2.98. The largest absolute Gasteiger partial charge is 0.385 e. The standard InChI is InChI=1S/C14H20N2O2S2/c17-20(18,16-9-11-5-7-19-10-11)13-4-3-12-2-1-6-15-14(12)8-13/h3-4,8,11,15-16H,1-2,5-7,9-10H2. The maximum absolute atomic E-state index is 12.3. The summed E-state index contributed by atoms with van der Waals surface area (Å²) in [7, 11) is -3.38. The van der Waals surface area contributed by atoms with Crippen LogP contribution in [0.5, 0.6) is 0 Å². The first-order valence-electron chi connectivity index (χ1n) is 7.09. The first kappa shape index (κ1) is 14.2. The molecule has 1 aromatic rings. The van der Waals surface area contributed by atoms with Crippen LogP contribution in [0.2, 0.25) is 0 Å². The molecule has 1 unspecified atom stereocenters. The lowest BCUT2D eigenvalue weighted by Gasteiger charge is -2.19. The minimum Gasteiger partial charge on any atom is -0.385 e. The summed E-state index contributed by atoms with van der Waals surface area (Å²) in [6, 6.07) is 5.42. The highest BCUT2D eigenvalue weighted by Crippen LogP contribution is 2.26. The third-order valence-electron chi connectivity index (χ3n) is 3.92. The fourth-order valence-electron chi connectivity index (χ4n) is 2.66. The molecule has 0 aromatic heterocycles. The van der Waals surface area contributed by atoms with E-state index in [2.05, 4.69) is 10.0 Å². The number of aryl methyl sites for hydroxylation is 1. The number of anilines is 1.